The molecule has 0 saturated heterocycles. The van der Waals surface area contributed by atoms with Crippen molar-refractivity contribution < 1.29 is 9.18 Å². The topological polar surface area (TPSA) is 46.3 Å². The number of nitrogens with two attached hydrogens (primary N) is 1. The summed E-state index contributed by atoms with van der Waals surface area (Å²) in [5.74, 6) is 0.206. The maximum absolute atomic E-state index is 13.8. The van der Waals surface area contributed by atoms with Crippen LogP contribution in [-0.2, 0) is 4.79 Å². The number of rotatable bonds is 3. The molecular weight excluding hydrogens is 255 g/mol. The average Bonchev–Trinajstić information content (AvgIpc) is 2.47. The van der Waals surface area contributed by atoms with E-state index >= 15 is 0 Å². The van der Waals surface area contributed by atoms with E-state index in [0.717, 1.165) is 25.7 Å². The Balaban J connectivity index is 2.23. The highest BCUT2D eigenvalue weighted by molar-refractivity contribution is 5.97. The monoisotopic (exact) mass is 278 g/mol. The Hall–Kier alpha value is -1.42. The second-order valence-corrected chi connectivity index (χ2v) is 5.98. The van der Waals surface area contributed by atoms with E-state index in [0.29, 0.717) is 18.2 Å². The van der Waals surface area contributed by atoms with Crippen molar-refractivity contribution >= 4 is 11.6 Å². The smallest absolute Gasteiger partial charge is 0.234 e. The van der Waals surface area contributed by atoms with Crippen molar-refractivity contribution in [1.29, 1.82) is 0 Å². The highest BCUT2D eigenvalue weighted by Gasteiger charge is 2.42. The molecule has 0 radical (unpaired) electrons. The summed E-state index contributed by atoms with van der Waals surface area (Å²) in [5.41, 5.74) is 5.70. The first-order valence-corrected chi connectivity index (χ1v) is 7.23. The molecule has 1 fully saturated rings. The van der Waals surface area contributed by atoms with Crippen molar-refractivity contribution in [3.05, 3.63) is 30.1 Å². The standard InChI is InChI=1S/C16H23FN2O/c1-12-7-9-16(11-18,10-8-12)15(20)19(2)14-6-4-3-5-13(14)17/h3-6,12H,7-11,18H2,1-2H3. The number of hydrogen-bond acceptors (Lipinski definition) is 2. The van der Waals surface area contributed by atoms with E-state index in [9.17, 15) is 9.18 Å². The van der Waals surface area contributed by atoms with Crippen LogP contribution in [0.25, 0.3) is 0 Å². The number of carbonyl (C=O) groups is 1. The maximum atomic E-state index is 13.8. The SMILES string of the molecule is CC1CCC(CN)(C(=O)N(C)c2ccccc2F)CC1. The zero-order chi connectivity index (χ0) is 14.8. The van der Waals surface area contributed by atoms with Crippen LogP contribution in [0.4, 0.5) is 10.1 Å². The van der Waals surface area contributed by atoms with Gasteiger partial charge < -0.3 is 10.6 Å². The van der Waals surface area contributed by atoms with Crippen LogP contribution in [0.2, 0.25) is 0 Å². The van der Waals surface area contributed by atoms with E-state index < -0.39 is 5.41 Å². The van der Waals surface area contributed by atoms with Crippen LogP contribution < -0.4 is 10.6 Å². The fraction of sp³-hybridized carbons (Fsp3) is 0.562. The van der Waals surface area contributed by atoms with Gasteiger partial charge in [0, 0.05) is 13.6 Å². The Morgan fingerprint density at radius 2 is 2.00 bits per heavy atom. The maximum Gasteiger partial charge on any atom is 0.234 e. The number of carbonyl (C=O) groups excluding carboxylic acids is 1. The van der Waals surface area contributed by atoms with Crippen LogP contribution in [0.1, 0.15) is 32.6 Å². The fourth-order valence-electron chi connectivity index (χ4n) is 3.01. The number of amides is 1. The second-order valence-electron chi connectivity index (χ2n) is 5.98. The summed E-state index contributed by atoms with van der Waals surface area (Å²) in [6.45, 7) is 2.53. The Morgan fingerprint density at radius 1 is 1.40 bits per heavy atom. The van der Waals surface area contributed by atoms with Crippen molar-refractivity contribution in [1.82, 2.24) is 0 Å². The molecule has 0 bridgehead atoms. The lowest BCUT2D eigenvalue weighted by molar-refractivity contribution is -0.129. The van der Waals surface area contributed by atoms with Crippen molar-refractivity contribution in [2.45, 2.75) is 32.6 Å². The molecule has 0 heterocycles. The predicted octanol–water partition coefficient (Wildman–Crippen LogP) is 2.94. The first-order valence-electron chi connectivity index (χ1n) is 7.23. The summed E-state index contributed by atoms with van der Waals surface area (Å²) in [5, 5.41) is 0. The Kier molecular flexibility index (Phi) is 4.43. The van der Waals surface area contributed by atoms with E-state index in [1.807, 2.05) is 0 Å². The third-order valence-corrected chi connectivity index (χ3v) is 4.59. The second kappa shape index (κ2) is 5.92. The number of anilines is 1. The van der Waals surface area contributed by atoms with E-state index in [4.69, 9.17) is 5.73 Å². The molecule has 1 aliphatic carbocycles. The lowest BCUT2D eigenvalue weighted by atomic mass is 9.70. The van der Waals surface area contributed by atoms with Crippen LogP contribution in [-0.4, -0.2) is 19.5 Å². The van der Waals surface area contributed by atoms with E-state index in [1.54, 1.807) is 25.2 Å². The van der Waals surface area contributed by atoms with Gasteiger partial charge in [-0.3, -0.25) is 4.79 Å². The van der Waals surface area contributed by atoms with Crippen LogP contribution in [0.5, 0.6) is 0 Å². The molecule has 20 heavy (non-hydrogen) atoms. The van der Waals surface area contributed by atoms with Crippen LogP contribution in [0.3, 0.4) is 0 Å². The minimum atomic E-state index is -0.524. The molecule has 1 saturated carbocycles. The van der Waals surface area contributed by atoms with Crippen LogP contribution in [0.15, 0.2) is 24.3 Å². The summed E-state index contributed by atoms with van der Waals surface area (Å²) in [6.07, 6.45) is 3.60. The quantitative estimate of drug-likeness (QED) is 0.924. The molecule has 4 heteroatoms. The van der Waals surface area contributed by atoms with E-state index in [-0.39, 0.29) is 11.7 Å². The van der Waals surface area contributed by atoms with Gasteiger partial charge in [-0.15, -0.1) is 0 Å². The molecule has 1 aliphatic rings. The number of nitrogens with zero attached hydrogens (tertiary/aromatic N) is 1. The van der Waals surface area contributed by atoms with Gasteiger partial charge in [0.2, 0.25) is 5.91 Å². The summed E-state index contributed by atoms with van der Waals surface area (Å²) in [6, 6.07) is 6.36. The zero-order valence-electron chi connectivity index (χ0n) is 12.2. The van der Waals surface area contributed by atoms with Gasteiger partial charge in [0.15, 0.2) is 0 Å². The Morgan fingerprint density at radius 3 is 2.55 bits per heavy atom. The van der Waals surface area contributed by atoms with Gasteiger partial charge in [0.25, 0.3) is 0 Å². The molecule has 0 atom stereocenters. The number of benzene rings is 1. The summed E-state index contributed by atoms with van der Waals surface area (Å²) in [4.78, 5) is 14.2. The third-order valence-electron chi connectivity index (χ3n) is 4.59. The lowest BCUT2D eigenvalue weighted by Crippen LogP contribution is -2.48. The van der Waals surface area contributed by atoms with Gasteiger partial charge >= 0.3 is 0 Å². The molecule has 0 aromatic heterocycles. The molecule has 1 aromatic rings. The summed E-state index contributed by atoms with van der Waals surface area (Å²) in [7, 11) is 1.64. The van der Waals surface area contributed by atoms with E-state index in [2.05, 4.69) is 6.92 Å². The van der Waals surface area contributed by atoms with Gasteiger partial charge in [-0.2, -0.15) is 0 Å². The largest absolute Gasteiger partial charge is 0.329 e. The van der Waals surface area contributed by atoms with Crippen molar-refractivity contribution in [3.8, 4) is 0 Å². The van der Waals surface area contributed by atoms with Crippen molar-refractivity contribution in [2.24, 2.45) is 17.1 Å². The van der Waals surface area contributed by atoms with Gasteiger partial charge in [-0.05, 0) is 43.7 Å². The van der Waals surface area contributed by atoms with Crippen LogP contribution in [0, 0.1) is 17.2 Å². The molecule has 2 N–H and O–H groups in total. The van der Waals surface area contributed by atoms with Crippen molar-refractivity contribution in [3.63, 3.8) is 0 Å². The average molecular weight is 278 g/mol. The van der Waals surface area contributed by atoms with Crippen molar-refractivity contribution in [2.75, 3.05) is 18.5 Å². The van der Waals surface area contributed by atoms with Gasteiger partial charge in [0.05, 0.1) is 11.1 Å². The lowest BCUT2D eigenvalue weighted by Gasteiger charge is -2.39. The summed E-state index contributed by atoms with van der Waals surface area (Å²) >= 11 is 0. The molecular formula is C16H23FN2O. The predicted molar refractivity (Wildman–Crippen MR) is 78.9 cm³/mol. The van der Waals surface area contributed by atoms with Crippen LogP contribution >= 0.6 is 0 Å². The van der Waals surface area contributed by atoms with Gasteiger partial charge in [-0.1, -0.05) is 19.1 Å². The normalized spacial score (nSPS) is 26.3. The zero-order valence-corrected chi connectivity index (χ0v) is 12.2. The molecule has 1 amide bonds. The first kappa shape index (κ1) is 15.0. The van der Waals surface area contributed by atoms with E-state index in [1.165, 1.54) is 11.0 Å². The minimum absolute atomic E-state index is 0.0583. The highest BCUT2D eigenvalue weighted by Crippen LogP contribution is 2.40. The van der Waals surface area contributed by atoms with Gasteiger partial charge in [-0.25, -0.2) is 4.39 Å². The van der Waals surface area contributed by atoms with Gasteiger partial charge in [0.1, 0.15) is 5.82 Å². The third kappa shape index (κ3) is 2.70. The molecule has 0 spiro atoms. The first-order chi connectivity index (χ1) is 9.50. The summed E-state index contributed by atoms with van der Waals surface area (Å²) < 4.78 is 13.8. The molecule has 110 valence electrons. The Labute approximate surface area is 120 Å². The highest BCUT2D eigenvalue weighted by atomic mass is 19.1. The molecule has 1 aromatic carbocycles. The number of halogens is 1. The molecule has 3 nitrogen and oxygen atoms in total. The molecule has 2 rings (SSSR count). The Bertz CT molecular complexity index is 481. The minimum Gasteiger partial charge on any atom is -0.329 e. The number of hydrogen-bond donors (Lipinski definition) is 1. The molecule has 0 aliphatic heterocycles. The molecule has 0 unspecified atom stereocenters. The number of para-hydroxylation sites is 1. The fourth-order valence-corrected chi connectivity index (χ4v) is 3.01.